The van der Waals surface area contributed by atoms with E-state index in [0.29, 0.717) is 18.1 Å². The summed E-state index contributed by atoms with van der Waals surface area (Å²) >= 11 is 0. The molecule has 144 valence electrons. The average Bonchev–Trinajstić information content (AvgIpc) is 2.65. The lowest BCUT2D eigenvalue weighted by molar-refractivity contribution is 0.0525. The van der Waals surface area contributed by atoms with Gasteiger partial charge >= 0.3 is 5.97 Å². The van der Waals surface area contributed by atoms with E-state index in [1.807, 2.05) is 11.9 Å². The normalized spacial score (nSPS) is 17.1. The molecule has 27 heavy (non-hydrogen) atoms. The van der Waals surface area contributed by atoms with Crippen LogP contribution < -0.4 is 4.90 Å². The van der Waals surface area contributed by atoms with Crippen LogP contribution in [-0.4, -0.2) is 29.6 Å². The highest BCUT2D eigenvalue weighted by atomic mass is 16.5. The van der Waals surface area contributed by atoms with Crippen LogP contribution in [0.1, 0.15) is 68.9 Å². The molecule has 0 atom stereocenters. The third kappa shape index (κ3) is 3.68. The van der Waals surface area contributed by atoms with Crippen molar-refractivity contribution >= 4 is 17.6 Å². The summed E-state index contributed by atoms with van der Waals surface area (Å²) in [6, 6.07) is 6.64. The van der Waals surface area contributed by atoms with E-state index in [4.69, 9.17) is 4.74 Å². The summed E-state index contributed by atoms with van der Waals surface area (Å²) in [6.07, 6.45) is 5.40. The number of benzene rings is 1. The third-order valence-electron chi connectivity index (χ3n) is 5.67. The van der Waals surface area contributed by atoms with Crippen LogP contribution in [-0.2, 0) is 15.6 Å². The maximum absolute atomic E-state index is 11.8. The van der Waals surface area contributed by atoms with Crippen molar-refractivity contribution in [2.24, 2.45) is 0 Å². The molecule has 1 aliphatic carbocycles. The van der Waals surface area contributed by atoms with Gasteiger partial charge in [-0.3, -0.25) is 0 Å². The van der Waals surface area contributed by atoms with Gasteiger partial charge in [0.05, 0.1) is 12.2 Å². The van der Waals surface area contributed by atoms with Gasteiger partial charge in [0, 0.05) is 25.1 Å². The second kappa shape index (κ2) is 6.95. The Morgan fingerprint density at radius 1 is 1.07 bits per heavy atom. The Balaban J connectivity index is 1.92. The standard InChI is InChI=1S/C22H29N3O2/c1-7-27-19(26)15-13-23-20(24-14-15)25(6)16-8-9-17-18(12-16)22(4,5)11-10-21(17,2)3/h8-9,12-14H,7,10-11H2,1-6H3. The zero-order chi connectivity index (χ0) is 19.8. The summed E-state index contributed by atoms with van der Waals surface area (Å²) in [7, 11) is 1.95. The largest absolute Gasteiger partial charge is 0.462 e. The quantitative estimate of drug-likeness (QED) is 0.729. The Kier molecular flexibility index (Phi) is 4.98. The van der Waals surface area contributed by atoms with Gasteiger partial charge in [0.2, 0.25) is 5.95 Å². The summed E-state index contributed by atoms with van der Waals surface area (Å²) in [5, 5.41) is 0. The van der Waals surface area contributed by atoms with Gasteiger partial charge in [0.15, 0.2) is 0 Å². The predicted molar refractivity (Wildman–Crippen MR) is 108 cm³/mol. The fraction of sp³-hybridized carbons (Fsp3) is 0.500. The van der Waals surface area contributed by atoms with Crippen LogP contribution in [0, 0.1) is 0 Å². The van der Waals surface area contributed by atoms with Crippen molar-refractivity contribution in [1.82, 2.24) is 9.97 Å². The van der Waals surface area contributed by atoms with Crippen molar-refractivity contribution in [3.8, 4) is 0 Å². The van der Waals surface area contributed by atoms with E-state index in [9.17, 15) is 4.79 Å². The van der Waals surface area contributed by atoms with Gasteiger partial charge in [0.1, 0.15) is 0 Å². The number of nitrogens with zero attached hydrogens (tertiary/aromatic N) is 3. The molecule has 0 fully saturated rings. The van der Waals surface area contributed by atoms with Crippen molar-refractivity contribution in [2.75, 3.05) is 18.6 Å². The number of esters is 1. The topological polar surface area (TPSA) is 55.3 Å². The molecule has 1 aliphatic rings. The Labute approximate surface area is 161 Å². The molecule has 0 aliphatic heterocycles. The van der Waals surface area contributed by atoms with Crippen LogP contribution in [0.5, 0.6) is 0 Å². The minimum Gasteiger partial charge on any atom is -0.462 e. The molecule has 2 aromatic rings. The van der Waals surface area contributed by atoms with Crippen molar-refractivity contribution < 1.29 is 9.53 Å². The molecule has 0 bridgehead atoms. The molecular formula is C22H29N3O2. The Morgan fingerprint density at radius 3 is 2.26 bits per heavy atom. The van der Waals surface area contributed by atoms with Gasteiger partial charge in [-0.15, -0.1) is 0 Å². The number of hydrogen-bond donors (Lipinski definition) is 0. The lowest BCUT2D eigenvalue weighted by Gasteiger charge is -2.42. The minimum atomic E-state index is -0.399. The number of anilines is 2. The minimum absolute atomic E-state index is 0.149. The third-order valence-corrected chi connectivity index (χ3v) is 5.67. The van der Waals surface area contributed by atoms with Crippen LogP contribution in [0.15, 0.2) is 30.6 Å². The molecule has 5 nitrogen and oxygen atoms in total. The Hall–Kier alpha value is -2.43. The summed E-state index contributed by atoms with van der Waals surface area (Å²) in [5.74, 6) is 0.153. The van der Waals surface area contributed by atoms with Gasteiger partial charge in [-0.25, -0.2) is 14.8 Å². The fourth-order valence-electron chi connectivity index (χ4n) is 3.72. The fourth-order valence-corrected chi connectivity index (χ4v) is 3.72. The van der Waals surface area contributed by atoms with Crippen molar-refractivity contribution in [3.05, 3.63) is 47.3 Å². The van der Waals surface area contributed by atoms with Crippen LogP contribution >= 0.6 is 0 Å². The number of carbonyl (C=O) groups excluding carboxylic acids is 1. The smallest absolute Gasteiger partial charge is 0.341 e. The Bertz CT molecular complexity index is 841. The molecule has 0 N–H and O–H groups in total. The maximum atomic E-state index is 11.8. The van der Waals surface area contributed by atoms with Gasteiger partial charge in [0.25, 0.3) is 0 Å². The summed E-state index contributed by atoms with van der Waals surface area (Å²) < 4.78 is 4.98. The highest BCUT2D eigenvalue weighted by molar-refractivity contribution is 5.88. The van der Waals surface area contributed by atoms with E-state index in [1.165, 1.54) is 36.4 Å². The summed E-state index contributed by atoms with van der Waals surface area (Å²) in [5.41, 5.74) is 4.57. The van der Waals surface area contributed by atoms with Crippen LogP contribution in [0.2, 0.25) is 0 Å². The molecule has 5 heteroatoms. The highest BCUT2D eigenvalue weighted by Crippen LogP contribution is 2.46. The lowest BCUT2D eigenvalue weighted by Crippen LogP contribution is -2.34. The van der Waals surface area contributed by atoms with Crippen LogP contribution in [0.3, 0.4) is 0 Å². The van der Waals surface area contributed by atoms with Gasteiger partial charge < -0.3 is 9.64 Å². The molecule has 1 aromatic carbocycles. The molecule has 3 rings (SSSR count). The number of fused-ring (bicyclic) bond motifs is 1. The van der Waals surface area contributed by atoms with Gasteiger partial charge in [-0.2, -0.15) is 0 Å². The van der Waals surface area contributed by atoms with E-state index in [0.717, 1.165) is 5.69 Å². The Morgan fingerprint density at radius 2 is 1.67 bits per heavy atom. The number of carbonyl (C=O) groups is 1. The molecular weight excluding hydrogens is 338 g/mol. The highest BCUT2D eigenvalue weighted by Gasteiger charge is 2.37. The first-order valence-corrected chi connectivity index (χ1v) is 9.53. The molecule has 1 aromatic heterocycles. The van der Waals surface area contributed by atoms with Gasteiger partial charge in [-0.05, 0) is 53.9 Å². The maximum Gasteiger partial charge on any atom is 0.341 e. The van der Waals surface area contributed by atoms with Crippen LogP contribution in [0.4, 0.5) is 11.6 Å². The molecule has 0 saturated carbocycles. The predicted octanol–water partition coefficient (Wildman–Crippen LogP) is 4.77. The first kappa shape index (κ1) is 19.3. The van der Waals surface area contributed by atoms with E-state index < -0.39 is 5.97 Å². The molecule has 0 saturated heterocycles. The van der Waals surface area contributed by atoms with Crippen LogP contribution in [0.25, 0.3) is 0 Å². The average molecular weight is 367 g/mol. The van der Waals surface area contributed by atoms with Crippen molar-refractivity contribution in [3.63, 3.8) is 0 Å². The second-order valence-electron chi connectivity index (χ2n) is 8.55. The number of ether oxygens (including phenoxy) is 1. The second-order valence-corrected chi connectivity index (χ2v) is 8.55. The van der Waals surface area contributed by atoms with E-state index >= 15 is 0 Å². The zero-order valence-corrected chi connectivity index (χ0v) is 17.2. The molecule has 0 unspecified atom stereocenters. The number of aromatic nitrogens is 2. The van der Waals surface area contributed by atoms with Crippen molar-refractivity contribution in [2.45, 2.75) is 58.3 Å². The first-order chi connectivity index (χ1) is 12.7. The zero-order valence-electron chi connectivity index (χ0n) is 17.2. The SMILES string of the molecule is CCOC(=O)c1cnc(N(C)c2ccc3c(c2)C(C)(C)CCC3(C)C)nc1. The molecule has 1 heterocycles. The van der Waals surface area contributed by atoms with E-state index in [1.54, 1.807) is 6.92 Å². The number of hydrogen-bond acceptors (Lipinski definition) is 5. The van der Waals surface area contributed by atoms with E-state index in [2.05, 4.69) is 55.9 Å². The van der Waals surface area contributed by atoms with Gasteiger partial charge in [-0.1, -0.05) is 33.8 Å². The van der Waals surface area contributed by atoms with E-state index in [-0.39, 0.29) is 10.8 Å². The summed E-state index contributed by atoms with van der Waals surface area (Å²) in [4.78, 5) is 22.4. The molecule has 0 radical (unpaired) electrons. The monoisotopic (exact) mass is 367 g/mol. The first-order valence-electron chi connectivity index (χ1n) is 9.53. The molecule has 0 amide bonds. The molecule has 0 spiro atoms. The van der Waals surface area contributed by atoms with Crippen molar-refractivity contribution in [1.29, 1.82) is 0 Å². The summed E-state index contributed by atoms with van der Waals surface area (Å²) in [6.45, 7) is 11.4. The lowest BCUT2D eigenvalue weighted by atomic mass is 9.63. The number of rotatable bonds is 4.